The summed E-state index contributed by atoms with van der Waals surface area (Å²) in [6.07, 6.45) is 0.956. The van der Waals surface area contributed by atoms with Crippen molar-refractivity contribution in [2.45, 2.75) is 37.8 Å². The van der Waals surface area contributed by atoms with E-state index in [1.165, 1.54) is 17.9 Å². The maximum atomic E-state index is 14.6. The third kappa shape index (κ3) is 2.97. The van der Waals surface area contributed by atoms with E-state index in [2.05, 4.69) is 5.32 Å². The van der Waals surface area contributed by atoms with E-state index in [1.54, 1.807) is 12.1 Å². The van der Waals surface area contributed by atoms with Gasteiger partial charge in [-0.2, -0.15) is 0 Å². The van der Waals surface area contributed by atoms with Crippen molar-refractivity contribution < 1.29 is 18.7 Å². The minimum atomic E-state index is -0.518. The number of carbonyl (C=O) groups is 2. The molecule has 7 heteroatoms. The van der Waals surface area contributed by atoms with Crippen LogP contribution in [0.1, 0.15) is 31.2 Å². The number of amides is 2. The highest BCUT2D eigenvalue weighted by Gasteiger charge is 2.54. The van der Waals surface area contributed by atoms with Crippen molar-refractivity contribution in [2.24, 2.45) is 17.6 Å². The zero-order valence-electron chi connectivity index (χ0n) is 14.1. The van der Waals surface area contributed by atoms with Crippen LogP contribution in [-0.2, 0) is 9.53 Å². The summed E-state index contributed by atoms with van der Waals surface area (Å²) in [6.45, 7) is 1.95. The monoisotopic (exact) mass is 347 g/mol. The Labute approximate surface area is 145 Å². The number of anilines is 1. The Kier molecular flexibility index (Phi) is 3.91. The van der Waals surface area contributed by atoms with E-state index < -0.39 is 12.2 Å². The predicted molar refractivity (Wildman–Crippen MR) is 89.6 cm³/mol. The highest BCUT2D eigenvalue weighted by Crippen LogP contribution is 2.56. The Morgan fingerprint density at radius 3 is 2.76 bits per heavy atom. The standard InChI is InChI=1S/C18H22FN3O3/c1-9(23)21-7-12-8-22(18(24)25-12)11-2-3-13(16(19)6-11)10-4-14-15(5-10)17(14)20/h2-3,6,10,12,14-15,17H,4-5,7-8,20H2,1H3,(H,21,23)/t10?,12-,14-,15+,17?/m0/s1. The summed E-state index contributed by atoms with van der Waals surface area (Å²) in [5, 5.41) is 2.62. The van der Waals surface area contributed by atoms with Gasteiger partial charge in [-0.25, -0.2) is 9.18 Å². The SMILES string of the molecule is CC(=O)NC[C@H]1CN(c2ccc(C3C[C@@H]4C(N)[C@@H]4C3)c(F)c2)C(=O)O1. The van der Waals surface area contributed by atoms with Gasteiger partial charge in [-0.05, 0) is 48.3 Å². The molecule has 3 fully saturated rings. The quantitative estimate of drug-likeness (QED) is 0.869. The van der Waals surface area contributed by atoms with Gasteiger partial charge < -0.3 is 15.8 Å². The van der Waals surface area contributed by atoms with Gasteiger partial charge in [0.2, 0.25) is 5.91 Å². The molecule has 134 valence electrons. The smallest absolute Gasteiger partial charge is 0.414 e. The largest absolute Gasteiger partial charge is 0.442 e. The number of benzene rings is 1. The van der Waals surface area contributed by atoms with Crippen molar-refractivity contribution >= 4 is 17.7 Å². The van der Waals surface area contributed by atoms with E-state index in [9.17, 15) is 14.0 Å². The third-order valence-electron chi connectivity index (χ3n) is 5.70. The summed E-state index contributed by atoms with van der Waals surface area (Å²) < 4.78 is 19.8. The van der Waals surface area contributed by atoms with Crippen LogP contribution in [0.2, 0.25) is 0 Å². The van der Waals surface area contributed by atoms with Gasteiger partial charge in [0.1, 0.15) is 11.9 Å². The van der Waals surface area contributed by atoms with Gasteiger partial charge in [-0.3, -0.25) is 9.69 Å². The lowest BCUT2D eigenvalue weighted by molar-refractivity contribution is -0.119. The molecule has 1 aromatic rings. The molecule has 2 unspecified atom stereocenters. The fourth-order valence-electron chi connectivity index (χ4n) is 4.26. The predicted octanol–water partition coefficient (Wildman–Crippen LogP) is 1.74. The zero-order valence-corrected chi connectivity index (χ0v) is 14.1. The normalized spacial score (nSPS) is 33.2. The minimum Gasteiger partial charge on any atom is -0.442 e. The molecule has 1 aliphatic heterocycles. The first kappa shape index (κ1) is 16.3. The lowest BCUT2D eigenvalue weighted by atomic mass is 9.93. The molecule has 2 saturated carbocycles. The first-order valence-electron chi connectivity index (χ1n) is 8.71. The molecule has 2 amide bonds. The number of nitrogens with two attached hydrogens (primary N) is 1. The molecule has 0 aromatic heterocycles. The molecule has 1 aromatic carbocycles. The fraction of sp³-hybridized carbons (Fsp3) is 0.556. The highest BCUT2D eigenvalue weighted by atomic mass is 19.1. The first-order valence-corrected chi connectivity index (χ1v) is 8.71. The molecule has 3 N–H and O–H groups in total. The van der Waals surface area contributed by atoms with Crippen molar-refractivity contribution in [2.75, 3.05) is 18.0 Å². The molecule has 0 bridgehead atoms. The van der Waals surface area contributed by atoms with Gasteiger partial charge >= 0.3 is 6.09 Å². The Hall–Kier alpha value is -2.15. The second-order valence-corrected chi connectivity index (χ2v) is 7.33. The fourth-order valence-corrected chi connectivity index (χ4v) is 4.26. The summed E-state index contributed by atoms with van der Waals surface area (Å²) in [5.74, 6) is 0.857. The van der Waals surface area contributed by atoms with Crippen LogP contribution >= 0.6 is 0 Å². The Morgan fingerprint density at radius 1 is 1.40 bits per heavy atom. The topological polar surface area (TPSA) is 84.7 Å². The van der Waals surface area contributed by atoms with E-state index in [0.29, 0.717) is 35.7 Å². The molecular formula is C18H22FN3O3. The first-order chi connectivity index (χ1) is 11.9. The number of rotatable bonds is 4. The maximum Gasteiger partial charge on any atom is 0.414 e. The van der Waals surface area contributed by atoms with E-state index >= 15 is 0 Å². The van der Waals surface area contributed by atoms with Crippen LogP contribution < -0.4 is 16.0 Å². The van der Waals surface area contributed by atoms with Crippen LogP contribution in [0.25, 0.3) is 0 Å². The molecule has 2 aliphatic carbocycles. The zero-order chi connectivity index (χ0) is 17.7. The molecular weight excluding hydrogens is 325 g/mol. The number of hydrogen-bond donors (Lipinski definition) is 2. The minimum absolute atomic E-state index is 0.181. The van der Waals surface area contributed by atoms with E-state index in [4.69, 9.17) is 10.5 Å². The van der Waals surface area contributed by atoms with Crippen LogP contribution in [0, 0.1) is 17.7 Å². The Bertz CT molecular complexity index is 714. The maximum absolute atomic E-state index is 14.6. The van der Waals surface area contributed by atoms with E-state index in [0.717, 1.165) is 12.8 Å². The summed E-state index contributed by atoms with van der Waals surface area (Å²) in [6, 6.07) is 5.25. The molecule has 0 radical (unpaired) electrons. The van der Waals surface area contributed by atoms with Crippen molar-refractivity contribution in [3.05, 3.63) is 29.6 Å². The van der Waals surface area contributed by atoms with Crippen LogP contribution in [0.3, 0.4) is 0 Å². The summed E-state index contributed by atoms with van der Waals surface area (Å²) >= 11 is 0. The molecule has 5 atom stereocenters. The van der Waals surface area contributed by atoms with Crippen LogP contribution in [-0.4, -0.2) is 37.2 Å². The van der Waals surface area contributed by atoms with Crippen LogP contribution in [0.15, 0.2) is 18.2 Å². The summed E-state index contributed by atoms with van der Waals surface area (Å²) in [5.41, 5.74) is 7.15. The second-order valence-electron chi connectivity index (χ2n) is 7.33. The molecule has 6 nitrogen and oxygen atoms in total. The Morgan fingerprint density at radius 2 is 2.12 bits per heavy atom. The number of nitrogens with one attached hydrogen (secondary N) is 1. The van der Waals surface area contributed by atoms with Gasteiger partial charge in [0.05, 0.1) is 18.8 Å². The average Bonchev–Trinajstić information content (AvgIpc) is 2.95. The van der Waals surface area contributed by atoms with Crippen LogP contribution in [0.4, 0.5) is 14.9 Å². The molecule has 4 rings (SSSR count). The summed E-state index contributed by atoms with van der Waals surface area (Å²) in [4.78, 5) is 24.4. The summed E-state index contributed by atoms with van der Waals surface area (Å²) in [7, 11) is 0. The lowest BCUT2D eigenvalue weighted by Gasteiger charge is -2.18. The van der Waals surface area contributed by atoms with Gasteiger partial charge in [0, 0.05) is 13.0 Å². The number of ether oxygens (including phenoxy) is 1. The lowest BCUT2D eigenvalue weighted by Crippen LogP contribution is -2.33. The number of cyclic esters (lactones) is 1. The number of halogens is 1. The number of hydrogen-bond acceptors (Lipinski definition) is 4. The molecule has 25 heavy (non-hydrogen) atoms. The number of carbonyl (C=O) groups excluding carboxylic acids is 2. The Balaban J connectivity index is 1.44. The van der Waals surface area contributed by atoms with Crippen LogP contribution in [0.5, 0.6) is 0 Å². The van der Waals surface area contributed by atoms with Crippen molar-refractivity contribution in [3.8, 4) is 0 Å². The molecule has 1 heterocycles. The molecule has 3 aliphatic rings. The van der Waals surface area contributed by atoms with Gasteiger partial charge in [-0.15, -0.1) is 0 Å². The molecule has 0 spiro atoms. The number of fused-ring (bicyclic) bond motifs is 1. The van der Waals surface area contributed by atoms with Gasteiger partial charge in [0.15, 0.2) is 0 Å². The van der Waals surface area contributed by atoms with Gasteiger partial charge in [-0.1, -0.05) is 6.07 Å². The van der Waals surface area contributed by atoms with Gasteiger partial charge in [0.25, 0.3) is 0 Å². The van der Waals surface area contributed by atoms with E-state index in [1.807, 2.05) is 0 Å². The third-order valence-corrected chi connectivity index (χ3v) is 5.70. The second kappa shape index (κ2) is 5.98. The van der Waals surface area contributed by atoms with Crippen molar-refractivity contribution in [1.29, 1.82) is 0 Å². The van der Waals surface area contributed by atoms with Crippen molar-refractivity contribution in [1.82, 2.24) is 5.32 Å². The molecule has 1 saturated heterocycles. The highest BCUT2D eigenvalue weighted by molar-refractivity contribution is 5.89. The van der Waals surface area contributed by atoms with Crippen molar-refractivity contribution in [3.63, 3.8) is 0 Å². The number of nitrogens with zero attached hydrogens (tertiary/aromatic N) is 1. The van der Waals surface area contributed by atoms with E-state index in [-0.39, 0.29) is 24.2 Å². The average molecular weight is 347 g/mol.